The number of carbonyl (C=O) groups is 1. The second kappa shape index (κ2) is 6.93. The summed E-state index contributed by atoms with van der Waals surface area (Å²) in [5.41, 5.74) is 3.13. The Labute approximate surface area is 157 Å². The molecule has 2 aromatic heterocycles. The van der Waals surface area contributed by atoms with Crippen LogP contribution in [0.15, 0.2) is 11.4 Å². The minimum Gasteiger partial charge on any atom is -0.312 e. The van der Waals surface area contributed by atoms with E-state index < -0.39 is 0 Å². The van der Waals surface area contributed by atoms with Gasteiger partial charge in [0.1, 0.15) is 11.1 Å². The molecule has 1 N–H and O–H groups in total. The minimum absolute atomic E-state index is 0.104. The average Bonchev–Trinajstić information content (AvgIpc) is 3.16. The van der Waals surface area contributed by atoms with Crippen LogP contribution in [0.25, 0.3) is 0 Å². The van der Waals surface area contributed by atoms with Gasteiger partial charge in [0, 0.05) is 4.88 Å². The van der Waals surface area contributed by atoms with Gasteiger partial charge >= 0.3 is 0 Å². The Morgan fingerprint density at radius 2 is 2.24 bits per heavy atom. The third-order valence-electron chi connectivity index (χ3n) is 5.69. The van der Waals surface area contributed by atoms with Gasteiger partial charge in [0.05, 0.1) is 10.4 Å². The molecule has 2 heterocycles. The molecule has 0 fully saturated rings. The number of anilines is 1. The van der Waals surface area contributed by atoms with Gasteiger partial charge in [0.25, 0.3) is 5.91 Å². The molecule has 25 heavy (non-hydrogen) atoms. The van der Waals surface area contributed by atoms with Crippen molar-refractivity contribution in [2.24, 2.45) is 11.3 Å². The van der Waals surface area contributed by atoms with E-state index in [9.17, 15) is 10.1 Å². The van der Waals surface area contributed by atoms with Crippen LogP contribution in [-0.4, -0.2) is 5.91 Å². The van der Waals surface area contributed by atoms with Gasteiger partial charge < -0.3 is 5.32 Å². The molecule has 3 nitrogen and oxygen atoms in total. The summed E-state index contributed by atoms with van der Waals surface area (Å²) in [5, 5.41) is 15.3. The zero-order valence-electron chi connectivity index (χ0n) is 15.2. The number of nitriles is 1. The molecule has 132 valence electrons. The van der Waals surface area contributed by atoms with Crippen LogP contribution in [0.5, 0.6) is 0 Å². The van der Waals surface area contributed by atoms with E-state index in [0.29, 0.717) is 16.9 Å². The van der Waals surface area contributed by atoms with Crippen molar-refractivity contribution in [3.8, 4) is 6.07 Å². The van der Waals surface area contributed by atoms with Gasteiger partial charge in [-0.3, -0.25) is 4.79 Å². The van der Waals surface area contributed by atoms with Gasteiger partial charge in [-0.15, -0.1) is 22.7 Å². The zero-order chi connectivity index (χ0) is 18.2. The Morgan fingerprint density at radius 1 is 1.48 bits per heavy atom. The first-order chi connectivity index (χ1) is 11.9. The predicted octanol–water partition coefficient (Wildman–Crippen LogP) is 5.78. The van der Waals surface area contributed by atoms with Crippen LogP contribution in [0, 0.1) is 29.6 Å². The number of nitrogens with one attached hydrogen (secondary N) is 1. The number of fused-ring (bicyclic) bond motifs is 1. The van der Waals surface area contributed by atoms with E-state index in [1.54, 1.807) is 11.3 Å². The number of carbonyl (C=O) groups excluding carboxylic acids is 1. The summed E-state index contributed by atoms with van der Waals surface area (Å²) < 4.78 is 0. The molecule has 0 aliphatic heterocycles. The standard InChI is InChI=1S/C20H24N2OS2/c1-5-20(3,4)13-6-7-14-15(11-21)19(25-16(14)10-13)22-18(23)17-12(2)8-9-24-17/h8-9,13H,5-7,10H2,1-4H3,(H,22,23). The molecule has 1 atom stereocenters. The molecule has 0 bridgehead atoms. The molecule has 1 amide bonds. The van der Waals surface area contributed by atoms with E-state index in [-0.39, 0.29) is 5.91 Å². The quantitative estimate of drug-likeness (QED) is 0.739. The summed E-state index contributed by atoms with van der Waals surface area (Å²) in [6.45, 7) is 8.86. The normalized spacial score (nSPS) is 17.0. The van der Waals surface area contributed by atoms with Crippen molar-refractivity contribution < 1.29 is 4.79 Å². The molecule has 1 unspecified atom stereocenters. The fraction of sp³-hybridized carbons (Fsp3) is 0.500. The fourth-order valence-corrected chi connectivity index (χ4v) is 5.61. The van der Waals surface area contributed by atoms with Gasteiger partial charge in [0.2, 0.25) is 0 Å². The molecular formula is C20H24N2OS2. The molecule has 0 radical (unpaired) electrons. The highest BCUT2D eigenvalue weighted by Crippen LogP contribution is 2.45. The van der Waals surface area contributed by atoms with E-state index in [2.05, 4.69) is 32.2 Å². The first kappa shape index (κ1) is 18.2. The highest BCUT2D eigenvalue weighted by atomic mass is 32.1. The Bertz CT molecular complexity index is 838. The lowest BCUT2D eigenvalue weighted by molar-refractivity contribution is 0.103. The largest absolute Gasteiger partial charge is 0.312 e. The van der Waals surface area contributed by atoms with Gasteiger partial charge in [-0.1, -0.05) is 27.2 Å². The monoisotopic (exact) mass is 372 g/mol. The third-order valence-corrected chi connectivity index (χ3v) is 7.87. The van der Waals surface area contributed by atoms with Gasteiger partial charge in [-0.2, -0.15) is 5.26 Å². The van der Waals surface area contributed by atoms with E-state index in [0.717, 1.165) is 46.7 Å². The molecule has 1 aliphatic carbocycles. The molecule has 5 heteroatoms. The van der Waals surface area contributed by atoms with Crippen LogP contribution in [0.1, 0.15) is 64.9 Å². The molecule has 3 rings (SSSR count). The number of hydrogen-bond donors (Lipinski definition) is 1. The lowest BCUT2D eigenvalue weighted by Gasteiger charge is -2.36. The number of nitrogens with zero attached hydrogens (tertiary/aromatic N) is 1. The lowest BCUT2D eigenvalue weighted by Crippen LogP contribution is -2.28. The predicted molar refractivity (Wildman–Crippen MR) is 106 cm³/mol. The smallest absolute Gasteiger partial charge is 0.266 e. The third kappa shape index (κ3) is 3.38. The van der Waals surface area contributed by atoms with Crippen molar-refractivity contribution >= 4 is 33.6 Å². The van der Waals surface area contributed by atoms with Crippen molar-refractivity contribution in [3.05, 3.63) is 37.9 Å². The van der Waals surface area contributed by atoms with Gasteiger partial charge in [-0.05, 0) is 60.1 Å². The SMILES string of the molecule is CCC(C)(C)C1CCc2c(sc(NC(=O)c3sccc3C)c2C#N)C1. The number of thiophene rings is 2. The first-order valence-corrected chi connectivity index (χ1v) is 10.5. The molecule has 0 saturated heterocycles. The molecule has 0 spiro atoms. The minimum atomic E-state index is -0.104. The van der Waals surface area contributed by atoms with Crippen LogP contribution in [-0.2, 0) is 12.8 Å². The number of amides is 1. The summed E-state index contributed by atoms with van der Waals surface area (Å²) in [7, 11) is 0. The van der Waals surface area contributed by atoms with Crippen LogP contribution >= 0.6 is 22.7 Å². The van der Waals surface area contributed by atoms with Crippen LogP contribution < -0.4 is 5.32 Å². The van der Waals surface area contributed by atoms with Crippen molar-refractivity contribution in [3.63, 3.8) is 0 Å². The second-order valence-corrected chi connectivity index (χ2v) is 9.51. The molecule has 1 aliphatic rings. The summed E-state index contributed by atoms with van der Waals surface area (Å²) in [6, 6.07) is 4.28. The first-order valence-electron chi connectivity index (χ1n) is 8.77. The topological polar surface area (TPSA) is 52.9 Å². The highest BCUT2D eigenvalue weighted by molar-refractivity contribution is 7.17. The van der Waals surface area contributed by atoms with Crippen LogP contribution in [0.4, 0.5) is 5.00 Å². The molecule has 2 aromatic rings. The Kier molecular flexibility index (Phi) is 5.04. The van der Waals surface area contributed by atoms with Crippen molar-refractivity contribution in [2.75, 3.05) is 5.32 Å². The number of hydrogen-bond acceptors (Lipinski definition) is 4. The zero-order valence-corrected chi connectivity index (χ0v) is 16.9. The van der Waals surface area contributed by atoms with E-state index in [1.807, 2.05) is 18.4 Å². The van der Waals surface area contributed by atoms with Gasteiger partial charge in [-0.25, -0.2) is 0 Å². The summed E-state index contributed by atoms with van der Waals surface area (Å²) in [4.78, 5) is 14.6. The molecule has 0 aromatic carbocycles. The summed E-state index contributed by atoms with van der Waals surface area (Å²) in [5.74, 6) is 0.534. The Balaban J connectivity index is 1.87. The van der Waals surface area contributed by atoms with Gasteiger partial charge in [0.15, 0.2) is 0 Å². The van der Waals surface area contributed by atoms with E-state index >= 15 is 0 Å². The highest BCUT2D eigenvalue weighted by Gasteiger charge is 2.34. The van der Waals surface area contributed by atoms with Crippen molar-refractivity contribution in [1.29, 1.82) is 5.26 Å². The maximum atomic E-state index is 12.5. The summed E-state index contributed by atoms with van der Waals surface area (Å²) in [6.07, 6.45) is 4.24. The fourth-order valence-electron chi connectivity index (χ4n) is 3.51. The lowest BCUT2D eigenvalue weighted by atomic mass is 9.69. The summed E-state index contributed by atoms with van der Waals surface area (Å²) >= 11 is 3.04. The number of aryl methyl sites for hydroxylation is 1. The number of rotatable bonds is 4. The van der Waals surface area contributed by atoms with Crippen molar-refractivity contribution in [1.82, 2.24) is 0 Å². The molecule has 0 saturated carbocycles. The maximum absolute atomic E-state index is 12.5. The Hall–Kier alpha value is -1.64. The maximum Gasteiger partial charge on any atom is 0.266 e. The van der Waals surface area contributed by atoms with Crippen molar-refractivity contribution in [2.45, 2.75) is 53.4 Å². The van der Waals surface area contributed by atoms with Crippen LogP contribution in [0.3, 0.4) is 0 Å². The average molecular weight is 373 g/mol. The van der Waals surface area contributed by atoms with E-state index in [1.165, 1.54) is 16.2 Å². The second-order valence-electron chi connectivity index (χ2n) is 7.49. The Morgan fingerprint density at radius 3 is 2.84 bits per heavy atom. The van der Waals surface area contributed by atoms with Crippen LogP contribution in [0.2, 0.25) is 0 Å². The molecular weight excluding hydrogens is 348 g/mol. The van der Waals surface area contributed by atoms with E-state index in [4.69, 9.17) is 0 Å².